The first kappa shape index (κ1) is 61.8. The Balaban J connectivity index is 0.000000178. The minimum atomic E-state index is -0.366. The maximum Gasteiger partial charge on any atom is 0.495 e. The van der Waals surface area contributed by atoms with Crippen molar-refractivity contribution in [3.63, 3.8) is 0 Å². The molecule has 0 radical (unpaired) electrons. The zero-order chi connectivity index (χ0) is 55.8. The lowest BCUT2D eigenvalue weighted by molar-refractivity contribution is 0.00578. The van der Waals surface area contributed by atoms with Gasteiger partial charge in [0, 0.05) is 88.6 Å². The van der Waals surface area contributed by atoms with E-state index in [-0.39, 0.29) is 42.7 Å². The van der Waals surface area contributed by atoms with Gasteiger partial charge in [-0.25, -0.2) is 0 Å². The van der Waals surface area contributed by atoms with Gasteiger partial charge in [0.15, 0.2) is 0 Å². The monoisotopic (exact) mass is 1140 g/mol. The fourth-order valence-electron chi connectivity index (χ4n) is 10.8. The Morgan fingerprint density at radius 2 is 0.769 bits per heavy atom. The SMILES string of the molecule is Cc1c(Br)cccc1OCCCN1CC[C@@H](O)C1.Cc1c(OCCCN2CC[C@@H](O)C2)cccc1-c1cccc(OCCCN2CC[C@@H](O)C2)c1C.Cc1c(OCCCN2CC[C@@H](O)C2)cccc1B1OC(C)(C)C(C)(C)O1. The van der Waals surface area contributed by atoms with Gasteiger partial charge in [-0.2, -0.15) is 0 Å². The fraction of sp³-hybridized carbons (Fsp3) is 0.613. The summed E-state index contributed by atoms with van der Waals surface area (Å²) in [7, 11) is -0.366. The van der Waals surface area contributed by atoms with E-state index in [0.717, 1.165) is 192 Å². The molecule has 5 fully saturated rings. The van der Waals surface area contributed by atoms with E-state index in [1.165, 1.54) is 11.1 Å². The van der Waals surface area contributed by atoms with Crippen molar-refractivity contribution in [2.24, 2.45) is 0 Å². The molecule has 4 N–H and O–H groups in total. The quantitative estimate of drug-likeness (QED) is 0.0441. The Hall–Kier alpha value is -3.78. The van der Waals surface area contributed by atoms with Crippen molar-refractivity contribution in [3.8, 4) is 34.1 Å². The van der Waals surface area contributed by atoms with E-state index in [9.17, 15) is 20.4 Å². The van der Waals surface area contributed by atoms with Crippen LogP contribution in [0.25, 0.3) is 11.1 Å². The molecule has 5 aliphatic rings. The number of benzene rings is 4. The first-order valence-corrected chi connectivity index (χ1v) is 29.7. The largest absolute Gasteiger partial charge is 0.495 e. The van der Waals surface area contributed by atoms with Gasteiger partial charge in [0.05, 0.1) is 62.0 Å². The molecule has 4 aromatic rings. The Morgan fingerprint density at radius 3 is 1.10 bits per heavy atom. The maximum atomic E-state index is 9.67. The van der Waals surface area contributed by atoms with Crippen LogP contribution in [0.3, 0.4) is 0 Å². The minimum Gasteiger partial charge on any atom is -0.493 e. The van der Waals surface area contributed by atoms with Gasteiger partial charge >= 0.3 is 7.12 Å². The van der Waals surface area contributed by atoms with E-state index in [1.54, 1.807) is 0 Å². The third kappa shape index (κ3) is 17.9. The topological polar surface area (TPSA) is 149 Å². The molecule has 430 valence electrons. The lowest BCUT2D eigenvalue weighted by Crippen LogP contribution is -2.41. The number of hydrogen-bond donors (Lipinski definition) is 4. The van der Waals surface area contributed by atoms with E-state index >= 15 is 0 Å². The van der Waals surface area contributed by atoms with Crippen LogP contribution in [0.4, 0.5) is 0 Å². The maximum absolute atomic E-state index is 9.67. The van der Waals surface area contributed by atoms with Gasteiger partial charge in [-0.05, 0) is 170 Å². The highest BCUT2D eigenvalue weighted by Crippen LogP contribution is 2.38. The van der Waals surface area contributed by atoms with E-state index in [1.807, 2.05) is 42.5 Å². The lowest BCUT2D eigenvalue weighted by atomic mass is 9.76. The predicted molar refractivity (Wildman–Crippen MR) is 316 cm³/mol. The highest BCUT2D eigenvalue weighted by atomic mass is 79.9. The van der Waals surface area contributed by atoms with Crippen LogP contribution < -0.4 is 24.4 Å². The molecule has 14 nitrogen and oxygen atoms in total. The highest BCUT2D eigenvalue weighted by molar-refractivity contribution is 9.10. The summed E-state index contributed by atoms with van der Waals surface area (Å²) in [5.74, 6) is 3.69. The van der Waals surface area contributed by atoms with Gasteiger partial charge in [0.25, 0.3) is 0 Å². The number of halogens is 1. The zero-order valence-corrected chi connectivity index (χ0v) is 49.8. The number of nitrogens with zero attached hydrogens (tertiary/aromatic N) is 4. The second-order valence-electron chi connectivity index (χ2n) is 23.1. The predicted octanol–water partition coefficient (Wildman–Crippen LogP) is 8.36. The normalized spacial score (nSPS) is 22.3. The van der Waals surface area contributed by atoms with Crippen molar-refractivity contribution in [1.82, 2.24) is 19.6 Å². The van der Waals surface area contributed by atoms with Gasteiger partial charge in [-0.1, -0.05) is 58.4 Å². The van der Waals surface area contributed by atoms with E-state index in [2.05, 4.69) is 121 Å². The van der Waals surface area contributed by atoms with Crippen LogP contribution in [0.5, 0.6) is 23.0 Å². The molecular formula is C62H92BBrN4O10. The van der Waals surface area contributed by atoms with E-state index < -0.39 is 0 Å². The van der Waals surface area contributed by atoms with Crippen molar-refractivity contribution < 1.29 is 48.7 Å². The lowest BCUT2D eigenvalue weighted by Gasteiger charge is -2.32. The van der Waals surface area contributed by atoms with E-state index in [4.69, 9.17) is 28.3 Å². The average molecular weight is 1140 g/mol. The van der Waals surface area contributed by atoms with Gasteiger partial charge < -0.3 is 68.3 Å². The van der Waals surface area contributed by atoms with Crippen LogP contribution in [-0.4, -0.2) is 188 Å². The molecule has 0 amide bonds. The first-order chi connectivity index (χ1) is 37.4. The number of hydrogen-bond acceptors (Lipinski definition) is 14. The molecule has 0 aromatic heterocycles. The Morgan fingerprint density at radius 1 is 0.462 bits per heavy atom. The summed E-state index contributed by atoms with van der Waals surface area (Å²) in [6.45, 7) is 30.4. The summed E-state index contributed by atoms with van der Waals surface area (Å²) in [6.07, 6.45) is 6.80. The second kappa shape index (κ2) is 29.8. The van der Waals surface area contributed by atoms with Gasteiger partial charge in [-0.3, -0.25) is 0 Å². The summed E-state index contributed by atoms with van der Waals surface area (Å²) < 4.78 is 37.6. The molecule has 0 bridgehead atoms. The minimum absolute atomic E-state index is 0.127. The van der Waals surface area contributed by atoms with Crippen LogP contribution in [0.15, 0.2) is 77.3 Å². The standard InChI is InChI=1S/C28H40N2O4.C20H32BNO4.C14H20BrNO2/c1-21-25(7-3-9-27(21)33-17-5-13-29-15-11-23(31)19-29)26-8-4-10-28(22(26)2)34-18-6-14-30-16-12-24(32)20-30;1-15-17(21-25-19(2,3)20(4,5)26-21)8-6-9-18(15)24-13-7-11-22-12-10-16(23)14-22;1-11-13(15)4-2-5-14(11)18-9-3-7-16-8-6-12(17)10-16/h3-4,7-10,23-24,31-32H,5-6,11-20H2,1-2H3;6,8-9,16,23H,7,10-14H2,1-5H3;2,4-5,12,17H,3,6-10H2,1H3/t23-,24-;16-;12-/m111/s1. The smallest absolute Gasteiger partial charge is 0.493 e. The molecule has 4 aromatic carbocycles. The molecule has 0 spiro atoms. The number of likely N-dealkylation sites (tertiary alicyclic amines) is 4. The number of β-amino-alcohol motifs (C(OH)–C–C–N with tert-alkyl or cyclic N) is 4. The van der Waals surface area contributed by atoms with Gasteiger partial charge in [0.1, 0.15) is 23.0 Å². The van der Waals surface area contributed by atoms with Crippen LogP contribution in [0.2, 0.25) is 0 Å². The van der Waals surface area contributed by atoms with Crippen LogP contribution in [-0.2, 0) is 9.31 Å². The number of ether oxygens (including phenoxy) is 4. The van der Waals surface area contributed by atoms with Crippen LogP contribution >= 0.6 is 15.9 Å². The molecule has 0 aliphatic carbocycles. The third-order valence-electron chi connectivity index (χ3n) is 16.4. The Labute approximate surface area is 475 Å². The van der Waals surface area contributed by atoms with Crippen molar-refractivity contribution in [2.45, 2.75) is 142 Å². The first-order valence-electron chi connectivity index (χ1n) is 28.9. The summed E-state index contributed by atoms with van der Waals surface area (Å²) in [5.41, 5.74) is 7.20. The number of aliphatic hydroxyl groups excluding tert-OH is 4. The summed E-state index contributed by atoms with van der Waals surface area (Å²) >= 11 is 3.50. The third-order valence-corrected chi connectivity index (χ3v) is 17.3. The molecule has 16 heteroatoms. The molecule has 5 aliphatic heterocycles. The van der Waals surface area contributed by atoms with Crippen molar-refractivity contribution >= 4 is 28.5 Å². The fourth-order valence-corrected chi connectivity index (χ4v) is 11.2. The molecule has 0 unspecified atom stereocenters. The molecule has 78 heavy (non-hydrogen) atoms. The summed E-state index contributed by atoms with van der Waals surface area (Å²) in [6, 6.07) is 24.6. The zero-order valence-electron chi connectivity index (χ0n) is 48.2. The molecule has 5 saturated heterocycles. The molecule has 0 saturated carbocycles. The summed E-state index contributed by atoms with van der Waals surface area (Å²) in [4.78, 5) is 9.20. The van der Waals surface area contributed by atoms with Gasteiger partial charge in [0.2, 0.25) is 0 Å². The van der Waals surface area contributed by atoms with Crippen molar-refractivity contribution in [3.05, 3.63) is 99.5 Å². The van der Waals surface area contributed by atoms with Crippen LogP contribution in [0, 0.1) is 27.7 Å². The van der Waals surface area contributed by atoms with Crippen molar-refractivity contribution in [2.75, 3.05) is 105 Å². The van der Waals surface area contributed by atoms with E-state index in [0.29, 0.717) is 19.8 Å². The molecule has 5 heterocycles. The molecule has 4 atom stereocenters. The summed E-state index contributed by atoms with van der Waals surface area (Å²) in [5, 5.41) is 38.4. The Kier molecular flexibility index (Phi) is 23.6. The second-order valence-corrected chi connectivity index (χ2v) is 23.9. The number of rotatable bonds is 22. The molecule has 9 rings (SSSR count). The van der Waals surface area contributed by atoms with Gasteiger partial charge in [-0.15, -0.1) is 0 Å². The van der Waals surface area contributed by atoms with Crippen LogP contribution in [0.1, 0.15) is 101 Å². The average Bonchev–Trinajstić information content (AvgIpc) is 4.39. The molecular weight excluding hydrogens is 1050 g/mol. The highest BCUT2D eigenvalue weighted by Gasteiger charge is 2.52. The van der Waals surface area contributed by atoms with Crippen molar-refractivity contribution in [1.29, 1.82) is 0 Å². The Bertz CT molecular complexity index is 2390. The number of aliphatic hydroxyl groups is 4.